The minimum Gasteiger partial charge on any atom is -0.481 e. The van der Waals surface area contributed by atoms with Gasteiger partial charge >= 0.3 is 0 Å². The lowest BCUT2D eigenvalue weighted by atomic mass is 9.79. The first-order chi connectivity index (χ1) is 17.5. The SMILES string of the molecule is COc1ccc(-c2cccc(Oc3ccc(C(=O)NC4CC(C)(C)NC(C)(C)C4)cc3Cl)c2C#N)cn1. The zero-order valence-corrected chi connectivity index (χ0v) is 22.4. The van der Waals surface area contributed by atoms with Crippen LogP contribution in [0.4, 0.5) is 0 Å². The van der Waals surface area contributed by atoms with Crippen LogP contribution >= 0.6 is 11.6 Å². The molecular formula is C29H31ClN4O3. The van der Waals surface area contributed by atoms with Crippen LogP contribution in [0, 0.1) is 11.3 Å². The van der Waals surface area contributed by atoms with E-state index in [-0.39, 0.29) is 28.0 Å². The van der Waals surface area contributed by atoms with Gasteiger partial charge in [-0.2, -0.15) is 5.26 Å². The van der Waals surface area contributed by atoms with E-state index in [0.29, 0.717) is 34.1 Å². The van der Waals surface area contributed by atoms with Gasteiger partial charge in [-0.1, -0.05) is 23.7 Å². The summed E-state index contributed by atoms with van der Waals surface area (Å²) in [4.78, 5) is 17.2. The molecular weight excluding hydrogens is 488 g/mol. The second-order valence-electron chi connectivity index (χ2n) is 10.6. The third-order valence-corrected chi connectivity index (χ3v) is 6.63. The number of nitrogens with zero attached hydrogens (tertiary/aromatic N) is 2. The Morgan fingerprint density at radius 3 is 2.43 bits per heavy atom. The Hall–Kier alpha value is -3.60. The molecule has 0 unspecified atom stereocenters. The van der Waals surface area contributed by atoms with Crippen LogP contribution in [-0.2, 0) is 0 Å². The molecule has 3 aromatic rings. The molecule has 2 heterocycles. The molecule has 1 fully saturated rings. The average molecular weight is 519 g/mol. The van der Waals surface area contributed by atoms with Crippen molar-refractivity contribution in [2.45, 2.75) is 57.7 Å². The van der Waals surface area contributed by atoms with E-state index >= 15 is 0 Å². The molecule has 0 saturated carbocycles. The fourth-order valence-electron chi connectivity index (χ4n) is 5.17. The predicted molar refractivity (Wildman–Crippen MR) is 144 cm³/mol. The lowest BCUT2D eigenvalue weighted by Crippen LogP contribution is -2.62. The maximum atomic E-state index is 13.0. The number of aromatic nitrogens is 1. The maximum absolute atomic E-state index is 13.0. The molecule has 1 aliphatic rings. The van der Waals surface area contributed by atoms with Gasteiger partial charge in [-0.15, -0.1) is 0 Å². The molecule has 2 aromatic carbocycles. The summed E-state index contributed by atoms with van der Waals surface area (Å²) in [5.41, 5.74) is 2.07. The number of hydrogen-bond acceptors (Lipinski definition) is 6. The topological polar surface area (TPSA) is 96.3 Å². The van der Waals surface area contributed by atoms with Crippen molar-refractivity contribution >= 4 is 17.5 Å². The summed E-state index contributed by atoms with van der Waals surface area (Å²) >= 11 is 6.52. The van der Waals surface area contributed by atoms with Gasteiger partial charge in [-0.3, -0.25) is 4.79 Å². The van der Waals surface area contributed by atoms with Crippen molar-refractivity contribution in [1.82, 2.24) is 15.6 Å². The second-order valence-corrected chi connectivity index (χ2v) is 11.0. The van der Waals surface area contributed by atoms with Crippen LogP contribution in [0.5, 0.6) is 17.4 Å². The Morgan fingerprint density at radius 1 is 1.11 bits per heavy atom. The van der Waals surface area contributed by atoms with E-state index in [1.54, 1.807) is 49.7 Å². The van der Waals surface area contributed by atoms with Gasteiger partial charge in [0.2, 0.25) is 5.88 Å². The summed E-state index contributed by atoms with van der Waals surface area (Å²) in [5, 5.41) is 16.9. The minimum absolute atomic E-state index is 0.0434. The second kappa shape index (κ2) is 10.4. The lowest BCUT2D eigenvalue weighted by Gasteiger charge is -2.46. The number of nitrogens with one attached hydrogen (secondary N) is 2. The summed E-state index contributed by atoms with van der Waals surface area (Å²) in [6.45, 7) is 8.58. The Balaban J connectivity index is 1.53. The number of halogens is 1. The van der Waals surface area contributed by atoms with Gasteiger partial charge in [0.15, 0.2) is 0 Å². The van der Waals surface area contributed by atoms with E-state index in [9.17, 15) is 10.1 Å². The number of piperidine rings is 1. The summed E-state index contributed by atoms with van der Waals surface area (Å²) in [5.74, 6) is 1.01. The van der Waals surface area contributed by atoms with E-state index in [0.717, 1.165) is 18.4 Å². The maximum Gasteiger partial charge on any atom is 0.251 e. The van der Waals surface area contributed by atoms with Crippen molar-refractivity contribution in [3.05, 3.63) is 70.9 Å². The molecule has 0 bridgehead atoms. The van der Waals surface area contributed by atoms with Gasteiger partial charge in [0.05, 0.1) is 12.1 Å². The van der Waals surface area contributed by atoms with Gasteiger partial charge in [0, 0.05) is 46.1 Å². The molecule has 1 aromatic heterocycles. The largest absolute Gasteiger partial charge is 0.481 e. The first kappa shape index (κ1) is 26.5. The zero-order valence-electron chi connectivity index (χ0n) is 21.7. The van der Waals surface area contributed by atoms with E-state index in [1.807, 2.05) is 12.1 Å². The molecule has 37 heavy (non-hydrogen) atoms. The molecule has 1 saturated heterocycles. The van der Waals surface area contributed by atoms with Crippen LogP contribution in [0.1, 0.15) is 56.5 Å². The normalized spacial score (nSPS) is 16.5. The smallest absolute Gasteiger partial charge is 0.251 e. The van der Waals surface area contributed by atoms with Crippen LogP contribution in [0.25, 0.3) is 11.1 Å². The van der Waals surface area contributed by atoms with E-state index in [2.05, 4.69) is 49.4 Å². The quantitative estimate of drug-likeness (QED) is 0.408. The highest BCUT2D eigenvalue weighted by atomic mass is 35.5. The molecule has 7 nitrogen and oxygen atoms in total. The van der Waals surface area contributed by atoms with Crippen molar-refractivity contribution in [2.24, 2.45) is 0 Å². The third-order valence-electron chi connectivity index (χ3n) is 6.33. The van der Waals surface area contributed by atoms with Crippen LogP contribution in [0.3, 0.4) is 0 Å². The molecule has 192 valence electrons. The highest BCUT2D eigenvalue weighted by Gasteiger charge is 2.38. The lowest BCUT2D eigenvalue weighted by molar-refractivity contribution is 0.0873. The number of hydrogen-bond donors (Lipinski definition) is 2. The first-order valence-electron chi connectivity index (χ1n) is 12.1. The molecule has 2 N–H and O–H groups in total. The van der Waals surface area contributed by atoms with Gasteiger partial charge in [0.25, 0.3) is 5.91 Å². The van der Waals surface area contributed by atoms with E-state index in [4.69, 9.17) is 21.1 Å². The average Bonchev–Trinajstić information content (AvgIpc) is 2.83. The number of carbonyl (C=O) groups is 1. The summed E-state index contributed by atoms with van der Waals surface area (Å²) in [6.07, 6.45) is 3.30. The molecule has 0 aliphatic carbocycles. The summed E-state index contributed by atoms with van der Waals surface area (Å²) < 4.78 is 11.2. The summed E-state index contributed by atoms with van der Waals surface area (Å²) in [7, 11) is 1.55. The standard InChI is InChI=1S/C29H31ClN4O3/c1-28(2)14-20(15-29(3,4)34-28)33-27(35)18-9-11-25(23(30)13-18)37-24-8-6-7-21(22(24)16-31)19-10-12-26(36-5)32-17-19/h6-13,17,20,34H,14-15H2,1-5H3,(H,33,35). The minimum atomic E-state index is -0.182. The van der Waals surface area contributed by atoms with Crippen LogP contribution < -0.4 is 20.1 Å². The highest BCUT2D eigenvalue weighted by molar-refractivity contribution is 6.32. The van der Waals surface area contributed by atoms with Gasteiger partial charge in [-0.05, 0) is 70.9 Å². The monoisotopic (exact) mass is 518 g/mol. The molecule has 1 amide bonds. The fraction of sp³-hybridized carbons (Fsp3) is 0.345. The third kappa shape index (κ3) is 6.22. The first-order valence-corrected chi connectivity index (χ1v) is 12.5. The molecule has 1 aliphatic heterocycles. The van der Waals surface area contributed by atoms with Crippen molar-refractivity contribution in [1.29, 1.82) is 5.26 Å². The number of carbonyl (C=O) groups excluding carboxylic acids is 1. The number of methoxy groups -OCH3 is 1. The van der Waals surface area contributed by atoms with Crippen LogP contribution in [0.2, 0.25) is 5.02 Å². The van der Waals surface area contributed by atoms with Crippen LogP contribution in [-0.4, -0.2) is 35.1 Å². The molecule has 0 spiro atoms. The van der Waals surface area contributed by atoms with Gasteiger partial charge in [0.1, 0.15) is 23.1 Å². The van der Waals surface area contributed by atoms with E-state index < -0.39 is 0 Å². The predicted octanol–water partition coefficient (Wildman–Crippen LogP) is 6.11. The number of nitriles is 1. The van der Waals surface area contributed by atoms with Crippen molar-refractivity contribution in [3.8, 4) is 34.6 Å². The Kier molecular flexibility index (Phi) is 7.44. The Bertz CT molecular complexity index is 1330. The number of benzene rings is 2. The molecule has 8 heteroatoms. The molecule has 0 radical (unpaired) electrons. The van der Waals surface area contributed by atoms with Gasteiger partial charge < -0.3 is 20.1 Å². The number of amides is 1. The van der Waals surface area contributed by atoms with E-state index in [1.165, 1.54) is 0 Å². The molecule has 0 atom stereocenters. The number of rotatable bonds is 6. The van der Waals surface area contributed by atoms with Gasteiger partial charge in [-0.25, -0.2) is 4.98 Å². The highest BCUT2D eigenvalue weighted by Crippen LogP contribution is 2.36. The Labute approximate surface area is 222 Å². The van der Waals surface area contributed by atoms with Crippen molar-refractivity contribution < 1.29 is 14.3 Å². The zero-order chi connectivity index (χ0) is 26.8. The molecule has 4 rings (SSSR count). The van der Waals surface area contributed by atoms with Crippen LogP contribution in [0.15, 0.2) is 54.7 Å². The van der Waals surface area contributed by atoms with Crippen molar-refractivity contribution in [3.63, 3.8) is 0 Å². The van der Waals surface area contributed by atoms with Crippen molar-refractivity contribution in [2.75, 3.05) is 7.11 Å². The summed E-state index contributed by atoms with van der Waals surface area (Å²) in [6, 6.07) is 16.1. The number of pyridine rings is 1. The fourth-order valence-corrected chi connectivity index (χ4v) is 5.39. The number of ether oxygens (including phenoxy) is 2. The Morgan fingerprint density at radius 2 is 1.84 bits per heavy atom.